The van der Waals surface area contributed by atoms with Gasteiger partial charge in [0, 0.05) is 0 Å². The number of hydrogen-bond donors (Lipinski definition) is 1. The van der Waals surface area contributed by atoms with Crippen LogP contribution in [0.4, 0.5) is 13.2 Å². The summed E-state index contributed by atoms with van der Waals surface area (Å²) in [6.45, 7) is 0. The molecule has 1 N–H and O–H groups in total. The van der Waals surface area contributed by atoms with Gasteiger partial charge < -0.3 is 10.1 Å². The monoisotopic (exact) mass is 195 g/mol. The number of hydrogen-bond acceptors (Lipinski definition) is 2. The lowest BCUT2D eigenvalue weighted by atomic mass is 10.0. The maximum atomic E-state index is 12.3. The van der Waals surface area contributed by atoms with Crippen molar-refractivity contribution in [2.45, 2.75) is 31.2 Å². The zero-order valence-corrected chi connectivity index (χ0v) is 7.27. The largest absolute Gasteiger partial charge is 0.496 e. The molecule has 0 aromatic heterocycles. The first-order valence-electron chi connectivity index (χ1n) is 4.10. The molecule has 1 aliphatic heterocycles. The molecule has 1 aliphatic rings. The summed E-state index contributed by atoms with van der Waals surface area (Å²) in [5.41, 5.74) is 0. The van der Waals surface area contributed by atoms with E-state index in [0.717, 1.165) is 0 Å². The Balaban J connectivity index is 2.60. The molecule has 0 bridgehead atoms. The number of ether oxygens (including phenoxy) is 1. The molecule has 0 radical (unpaired) electrons. The fourth-order valence-corrected chi connectivity index (χ4v) is 1.36. The number of rotatable bonds is 2. The maximum Gasteiger partial charge on any atom is 0.407 e. The molecule has 13 heavy (non-hydrogen) atoms. The number of nitrogens with one attached hydrogen (secondary N) is 1. The summed E-state index contributed by atoms with van der Waals surface area (Å²) in [6, 6.07) is -1.57. The Labute approximate surface area is 74.8 Å². The molecule has 0 aromatic carbocycles. The Hall–Kier alpha value is -0.710. The second kappa shape index (κ2) is 4.00. The number of halogens is 3. The van der Waals surface area contributed by atoms with Crippen LogP contribution in [0.15, 0.2) is 12.3 Å². The second-order valence-electron chi connectivity index (χ2n) is 2.93. The summed E-state index contributed by atoms with van der Waals surface area (Å²) in [7, 11) is 1.29. The van der Waals surface area contributed by atoms with E-state index in [4.69, 9.17) is 4.74 Å². The van der Waals surface area contributed by atoms with E-state index in [1.165, 1.54) is 13.3 Å². The molecule has 0 aromatic rings. The van der Waals surface area contributed by atoms with Crippen molar-refractivity contribution in [1.29, 1.82) is 0 Å². The molecule has 0 saturated carbocycles. The predicted octanol–water partition coefficient (Wildman–Crippen LogP) is 1.83. The second-order valence-corrected chi connectivity index (χ2v) is 2.93. The highest BCUT2D eigenvalue weighted by atomic mass is 19.4. The first-order chi connectivity index (χ1) is 6.05. The van der Waals surface area contributed by atoms with E-state index in [1.807, 2.05) is 0 Å². The van der Waals surface area contributed by atoms with Crippen molar-refractivity contribution in [3.05, 3.63) is 12.3 Å². The zero-order chi connectivity index (χ0) is 9.90. The summed E-state index contributed by atoms with van der Waals surface area (Å²) in [4.78, 5) is 0. The van der Waals surface area contributed by atoms with Crippen LogP contribution in [-0.2, 0) is 4.74 Å². The number of allylic oxidation sites excluding steroid dienone is 1. The van der Waals surface area contributed by atoms with E-state index in [0.29, 0.717) is 12.8 Å². The molecule has 0 aliphatic carbocycles. The Morgan fingerprint density at radius 3 is 2.62 bits per heavy atom. The molecule has 5 heteroatoms. The molecule has 2 unspecified atom stereocenters. The van der Waals surface area contributed by atoms with Crippen molar-refractivity contribution in [3.63, 3.8) is 0 Å². The molecule has 0 spiro atoms. The van der Waals surface area contributed by atoms with Gasteiger partial charge in [0.05, 0.1) is 6.26 Å². The fourth-order valence-electron chi connectivity index (χ4n) is 1.36. The van der Waals surface area contributed by atoms with Crippen molar-refractivity contribution in [2.75, 3.05) is 7.05 Å². The Kier molecular flexibility index (Phi) is 3.19. The summed E-state index contributed by atoms with van der Waals surface area (Å²) in [5, 5.41) is 2.23. The van der Waals surface area contributed by atoms with Crippen molar-refractivity contribution >= 4 is 0 Å². The fraction of sp³-hybridized carbons (Fsp3) is 0.750. The van der Waals surface area contributed by atoms with Gasteiger partial charge in [-0.15, -0.1) is 0 Å². The first-order valence-corrected chi connectivity index (χ1v) is 4.10. The molecule has 2 nitrogen and oxygen atoms in total. The predicted molar refractivity (Wildman–Crippen MR) is 42.1 cm³/mol. The van der Waals surface area contributed by atoms with Gasteiger partial charge in [0.2, 0.25) is 0 Å². The molecule has 76 valence electrons. The van der Waals surface area contributed by atoms with Crippen LogP contribution < -0.4 is 5.32 Å². The van der Waals surface area contributed by atoms with Crippen LogP contribution in [0.2, 0.25) is 0 Å². The quantitative estimate of drug-likeness (QED) is 0.725. The molecule has 0 saturated heterocycles. The standard InChI is InChI=1S/C8H12F3NO/c1-12-7(8(9,10)11)6-4-2-3-5-13-6/h3,5-7,12H,2,4H2,1H3. The van der Waals surface area contributed by atoms with Crippen LogP contribution in [0, 0.1) is 0 Å². The van der Waals surface area contributed by atoms with Gasteiger partial charge in [0.1, 0.15) is 12.1 Å². The number of alkyl halides is 3. The Morgan fingerprint density at radius 1 is 1.54 bits per heavy atom. The maximum absolute atomic E-state index is 12.3. The molecule has 0 fully saturated rings. The van der Waals surface area contributed by atoms with E-state index in [-0.39, 0.29) is 0 Å². The van der Waals surface area contributed by atoms with Crippen LogP contribution in [0.25, 0.3) is 0 Å². The van der Waals surface area contributed by atoms with Crippen molar-refractivity contribution in [2.24, 2.45) is 0 Å². The summed E-state index contributed by atoms with van der Waals surface area (Å²) in [6.07, 6.45) is -0.940. The van der Waals surface area contributed by atoms with Crippen LogP contribution in [0.3, 0.4) is 0 Å². The van der Waals surface area contributed by atoms with E-state index in [1.54, 1.807) is 6.08 Å². The third-order valence-corrected chi connectivity index (χ3v) is 2.00. The van der Waals surface area contributed by atoms with Crippen LogP contribution in [0.5, 0.6) is 0 Å². The van der Waals surface area contributed by atoms with Gasteiger partial charge in [0.15, 0.2) is 0 Å². The van der Waals surface area contributed by atoms with Crippen molar-refractivity contribution in [3.8, 4) is 0 Å². The minimum absolute atomic E-state index is 0.404. The lowest BCUT2D eigenvalue weighted by Gasteiger charge is -2.29. The third-order valence-electron chi connectivity index (χ3n) is 2.00. The summed E-state index contributed by atoms with van der Waals surface area (Å²) >= 11 is 0. The van der Waals surface area contributed by atoms with Crippen molar-refractivity contribution in [1.82, 2.24) is 5.32 Å². The molecule has 2 atom stereocenters. The zero-order valence-electron chi connectivity index (χ0n) is 7.27. The van der Waals surface area contributed by atoms with Crippen LogP contribution in [0.1, 0.15) is 12.8 Å². The minimum atomic E-state index is -4.25. The summed E-state index contributed by atoms with van der Waals surface area (Å²) in [5.74, 6) is 0. The Morgan fingerprint density at radius 2 is 2.23 bits per heavy atom. The van der Waals surface area contributed by atoms with Gasteiger partial charge in [-0.1, -0.05) is 0 Å². The van der Waals surface area contributed by atoms with E-state index in [9.17, 15) is 13.2 Å². The first kappa shape index (κ1) is 10.4. The van der Waals surface area contributed by atoms with Crippen molar-refractivity contribution < 1.29 is 17.9 Å². The average molecular weight is 195 g/mol. The molecule has 0 amide bonds. The molecular weight excluding hydrogens is 183 g/mol. The topological polar surface area (TPSA) is 21.3 Å². The molecule has 1 heterocycles. The van der Waals surface area contributed by atoms with Gasteiger partial charge in [-0.2, -0.15) is 13.2 Å². The smallest absolute Gasteiger partial charge is 0.407 e. The highest BCUT2D eigenvalue weighted by Gasteiger charge is 2.44. The van der Waals surface area contributed by atoms with E-state index >= 15 is 0 Å². The minimum Gasteiger partial charge on any atom is -0.496 e. The van der Waals surface area contributed by atoms with Gasteiger partial charge in [-0.25, -0.2) is 0 Å². The highest BCUT2D eigenvalue weighted by molar-refractivity contribution is 4.90. The van der Waals surface area contributed by atoms with Gasteiger partial charge in [-0.3, -0.25) is 0 Å². The lowest BCUT2D eigenvalue weighted by Crippen LogP contribution is -2.50. The van der Waals surface area contributed by atoms with Gasteiger partial charge in [-0.05, 0) is 26.0 Å². The van der Waals surface area contributed by atoms with E-state index < -0.39 is 18.3 Å². The number of likely N-dealkylation sites (N-methyl/N-ethyl adjacent to an activating group) is 1. The SMILES string of the molecule is CNC(C1CCC=CO1)C(F)(F)F. The van der Waals surface area contributed by atoms with Gasteiger partial charge >= 0.3 is 6.18 Å². The normalized spacial score (nSPS) is 25.4. The van der Waals surface area contributed by atoms with Crippen LogP contribution >= 0.6 is 0 Å². The molecular formula is C8H12F3NO. The lowest BCUT2D eigenvalue weighted by molar-refractivity contribution is -0.178. The highest BCUT2D eigenvalue weighted by Crippen LogP contribution is 2.27. The molecule has 1 rings (SSSR count). The average Bonchev–Trinajstić information content (AvgIpc) is 2.05. The Bertz CT molecular complexity index is 190. The summed E-state index contributed by atoms with van der Waals surface area (Å²) < 4.78 is 41.9. The van der Waals surface area contributed by atoms with Crippen LogP contribution in [-0.4, -0.2) is 25.4 Å². The van der Waals surface area contributed by atoms with Gasteiger partial charge in [0.25, 0.3) is 0 Å². The third kappa shape index (κ3) is 2.62. The van der Waals surface area contributed by atoms with E-state index in [2.05, 4.69) is 5.32 Å².